The van der Waals surface area contributed by atoms with E-state index in [4.69, 9.17) is 4.74 Å². The Balaban J connectivity index is 1.70. The molecule has 4 atom stereocenters. The Morgan fingerprint density at radius 2 is 1.73 bits per heavy atom. The van der Waals surface area contributed by atoms with Crippen molar-refractivity contribution in [3.8, 4) is 5.75 Å². The van der Waals surface area contributed by atoms with E-state index < -0.39 is 0 Å². The lowest BCUT2D eigenvalue weighted by atomic mass is 9.85. The molecule has 0 spiro atoms. The summed E-state index contributed by atoms with van der Waals surface area (Å²) in [5.74, 6) is 0.647. The molecule has 4 heteroatoms. The quantitative estimate of drug-likeness (QED) is 0.634. The minimum Gasteiger partial charge on any atom is -0.491 e. The third-order valence-corrected chi connectivity index (χ3v) is 5.04. The first-order valence-corrected chi connectivity index (χ1v) is 8.00. The number of fused-ring (bicyclic) bond motifs is 5. The molecule has 4 rings (SSSR count). The molecule has 2 aliphatic carbocycles. The molecule has 2 fully saturated rings. The highest BCUT2D eigenvalue weighted by Crippen LogP contribution is 2.53. The van der Waals surface area contributed by atoms with Gasteiger partial charge < -0.3 is 4.74 Å². The van der Waals surface area contributed by atoms with Crippen molar-refractivity contribution in [3.63, 3.8) is 0 Å². The van der Waals surface area contributed by atoms with Crippen LogP contribution in [0.4, 0.5) is 5.69 Å². The van der Waals surface area contributed by atoms with Crippen molar-refractivity contribution in [2.24, 2.45) is 23.7 Å². The van der Waals surface area contributed by atoms with E-state index in [0.29, 0.717) is 18.0 Å². The van der Waals surface area contributed by atoms with Gasteiger partial charge in [0.15, 0.2) is 0 Å². The normalized spacial score (nSPS) is 32.0. The second-order valence-electron chi connectivity index (χ2n) is 6.33. The molecule has 22 heavy (non-hydrogen) atoms. The zero-order valence-electron chi connectivity index (χ0n) is 12.6. The summed E-state index contributed by atoms with van der Waals surface area (Å²) in [6.07, 6.45) is 6.06. The molecule has 1 heterocycles. The van der Waals surface area contributed by atoms with Crippen LogP contribution in [-0.2, 0) is 9.59 Å². The molecule has 0 radical (unpaired) electrons. The molecule has 2 amide bonds. The number of carbonyl (C=O) groups is 2. The fourth-order valence-electron chi connectivity index (χ4n) is 4.12. The van der Waals surface area contributed by atoms with E-state index in [2.05, 4.69) is 12.2 Å². The van der Waals surface area contributed by atoms with Crippen molar-refractivity contribution < 1.29 is 14.3 Å². The predicted octanol–water partition coefficient (Wildman–Crippen LogP) is 2.79. The first kappa shape index (κ1) is 13.6. The summed E-state index contributed by atoms with van der Waals surface area (Å²) in [5, 5.41) is 0. The number of imide groups is 1. The van der Waals surface area contributed by atoms with Crippen molar-refractivity contribution in [3.05, 3.63) is 36.4 Å². The van der Waals surface area contributed by atoms with Gasteiger partial charge in [-0.2, -0.15) is 0 Å². The molecule has 1 saturated heterocycles. The number of hydrogen-bond acceptors (Lipinski definition) is 3. The molecule has 3 aliphatic rings. The van der Waals surface area contributed by atoms with Gasteiger partial charge in [-0.15, -0.1) is 0 Å². The summed E-state index contributed by atoms with van der Waals surface area (Å²) in [5.41, 5.74) is 0.597. The number of amides is 2. The van der Waals surface area contributed by atoms with Gasteiger partial charge in [0.25, 0.3) is 0 Å². The van der Waals surface area contributed by atoms with Gasteiger partial charge in [-0.25, -0.2) is 4.90 Å². The van der Waals surface area contributed by atoms with Crippen molar-refractivity contribution in [1.82, 2.24) is 0 Å². The maximum atomic E-state index is 12.8. The molecule has 2 bridgehead atoms. The first-order chi connectivity index (χ1) is 10.7. The minimum absolute atomic E-state index is 0.0561. The zero-order valence-corrected chi connectivity index (χ0v) is 12.6. The van der Waals surface area contributed by atoms with Crippen LogP contribution in [0, 0.1) is 23.7 Å². The smallest absolute Gasteiger partial charge is 0.238 e. The number of ether oxygens (including phenoxy) is 1. The summed E-state index contributed by atoms with van der Waals surface area (Å²) in [4.78, 5) is 27.0. The molecule has 0 unspecified atom stereocenters. The van der Waals surface area contributed by atoms with E-state index in [-0.39, 0.29) is 35.5 Å². The summed E-state index contributed by atoms with van der Waals surface area (Å²) < 4.78 is 5.73. The molecule has 114 valence electrons. The monoisotopic (exact) mass is 297 g/mol. The third kappa shape index (κ3) is 1.76. The van der Waals surface area contributed by atoms with Crippen LogP contribution in [0.1, 0.15) is 19.8 Å². The molecule has 1 aliphatic heterocycles. The summed E-state index contributed by atoms with van der Waals surface area (Å²) in [6, 6.07) is 7.34. The van der Waals surface area contributed by atoms with Crippen LogP contribution in [-0.4, -0.2) is 18.4 Å². The number of para-hydroxylation sites is 2. The number of nitrogens with zero attached hydrogens (tertiary/aromatic N) is 1. The van der Waals surface area contributed by atoms with Crippen molar-refractivity contribution in [1.29, 1.82) is 0 Å². The molecule has 0 N–H and O–H groups in total. The van der Waals surface area contributed by atoms with Gasteiger partial charge in [-0.1, -0.05) is 31.2 Å². The van der Waals surface area contributed by atoms with Gasteiger partial charge in [-0.3, -0.25) is 9.59 Å². The Hall–Kier alpha value is -2.10. The van der Waals surface area contributed by atoms with Crippen molar-refractivity contribution in [2.75, 3.05) is 11.5 Å². The van der Waals surface area contributed by atoms with E-state index in [1.807, 2.05) is 25.1 Å². The summed E-state index contributed by atoms with van der Waals surface area (Å²) in [7, 11) is 0. The number of anilines is 1. The zero-order chi connectivity index (χ0) is 15.3. The number of carbonyl (C=O) groups excluding carboxylic acids is 2. The van der Waals surface area contributed by atoms with Crippen molar-refractivity contribution in [2.45, 2.75) is 19.8 Å². The maximum absolute atomic E-state index is 12.8. The Labute approximate surface area is 129 Å². The Morgan fingerprint density at radius 3 is 2.36 bits per heavy atom. The van der Waals surface area contributed by atoms with Crippen molar-refractivity contribution >= 4 is 17.5 Å². The van der Waals surface area contributed by atoms with Gasteiger partial charge in [0.1, 0.15) is 5.75 Å². The highest BCUT2D eigenvalue weighted by atomic mass is 16.5. The first-order valence-electron chi connectivity index (χ1n) is 8.00. The topological polar surface area (TPSA) is 46.6 Å². The lowest BCUT2D eigenvalue weighted by molar-refractivity contribution is -0.123. The third-order valence-electron chi connectivity index (χ3n) is 5.04. The highest BCUT2D eigenvalue weighted by molar-refractivity contribution is 6.23. The van der Waals surface area contributed by atoms with E-state index in [9.17, 15) is 9.59 Å². The lowest BCUT2D eigenvalue weighted by Gasteiger charge is -2.20. The fraction of sp³-hybridized carbons (Fsp3) is 0.444. The molecule has 1 saturated carbocycles. The highest BCUT2D eigenvalue weighted by Gasteiger charge is 2.59. The molecule has 1 aromatic rings. The summed E-state index contributed by atoms with van der Waals surface area (Å²) >= 11 is 0. The fourth-order valence-corrected chi connectivity index (χ4v) is 4.12. The Morgan fingerprint density at radius 1 is 1.09 bits per heavy atom. The standard InChI is InChI=1S/C18H19NO3/c1-2-9-22-14-6-4-3-5-13(14)19-17(20)15-11-7-8-12(10-11)16(15)18(19)21/h3-8,11-12,15-16H,2,9-10H2,1H3/t11-,12+,15-,16-/m0/s1. The van der Waals surface area contributed by atoms with Gasteiger partial charge in [0.2, 0.25) is 11.8 Å². The SMILES string of the molecule is CCCOc1ccccc1N1C(=O)[C@@H]2[C@@H](C1=O)[C@H]1C=C[C@@H]2C1. The van der Waals surface area contributed by atoms with E-state index in [1.165, 1.54) is 4.90 Å². The average Bonchev–Trinajstić information content (AvgIpc) is 3.20. The van der Waals surface area contributed by atoms with E-state index in [0.717, 1.165) is 12.8 Å². The van der Waals surface area contributed by atoms with Gasteiger partial charge in [-0.05, 0) is 36.8 Å². The van der Waals surface area contributed by atoms with Crippen LogP contribution in [0.15, 0.2) is 36.4 Å². The molecular weight excluding hydrogens is 278 g/mol. The number of allylic oxidation sites excluding steroid dienone is 2. The lowest BCUT2D eigenvalue weighted by Crippen LogP contribution is -2.33. The van der Waals surface area contributed by atoms with Crippen LogP contribution < -0.4 is 9.64 Å². The van der Waals surface area contributed by atoms with Gasteiger partial charge in [0.05, 0.1) is 24.1 Å². The molecule has 4 nitrogen and oxygen atoms in total. The largest absolute Gasteiger partial charge is 0.491 e. The summed E-state index contributed by atoms with van der Waals surface area (Å²) in [6.45, 7) is 2.61. The van der Waals surface area contributed by atoms with Crippen LogP contribution >= 0.6 is 0 Å². The van der Waals surface area contributed by atoms with E-state index >= 15 is 0 Å². The number of hydrogen-bond donors (Lipinski definition) is 0. The van der Waals surface area contributed by atoms with Crippen LogP contribution in [0.2, 0.25) is 0 Å². The van der Waals surface area contributed by atoms with Crippen LogP contribution in [0.5, 0.6) is 5.75 Å². The predicted molar refractivity (Wildman–Crippen MR) is 82.4 cm³/mol. The number of benzene rings is 1. The maximum Gasteiger partial charge on any atom is 0.238 e. The molecule has 1 aromatic carbocycles. The van der Waals surface area contributed by atoms with Crippen LogP contribution in [0.25, 0.3) is 0 Å². The average molecular weight is 297 g/mol. The second kappa shape index (κ2) is 4.97. The Kier molecular flexibility index (Phi) is 3.06. The van der Waals surface area contributed by atoms with Crippen LogP contribution in [0.3, 0.4) is 0 Å². The van der Waals surface area contributed by atoms with Gasteiger partial charge >= 0.3 is 0 Å². The Bertz CT molecular complexity index is 636. The van der Waals surface area contributed by atoms with Gasteiger partial charge in [0, 0.05) is 0 Å². The molecular formula is C18H19NO3. The number of rotatable bonds is 4. The molecule has 0 aromatic heterocycles. The second-order valence-corrected chi connectivity index (χ2v) is 6.33. The van der Waals surface area contributed by atoms with E-state index in [1.54, 1.807) is 6.07 Å². The minimum atomic E-state index is -0.165.